The van der Waals surface area contributed by atoms with E-state index in [0.29, 0.717) is 0 Å². The molecule has 0 aromatic heterocycles. The lowest BCUT2D eigenvalue weighted by molar-refractivity contribution is -0.384. The van der Waals surface area contributed by atoms with E-state index in [1.165, 1.54) is 12.1 Å². The minimum atomic E-state index is -4.23. The molecule has 0 amide bonds. The number of non-ortho nitro benzene ring substituents is 1. The summed E-state index contributed by atoms with van der Waals surface area (Å²) in [6.45, 7) is 1.64. The molecule has 1 aromatic carbocycles. The molecule has 9 heteroatoms. The van der Waals surface area contributed by atoms with E-state index in [4.69, 9.17) is 4.52 Å². The highest BCUT2D eigenvalue weighted by atomic mass is 32.1. The van der Waals surface area contributed by atoms with Crippen LogP contribution in [0.2, 0.25) is 0 Å². The van der Waals surface area contributed by atoms with Gasteiger partial charge in [-0.2, -0.15) is 12.6 Å². The standard InChI is InChI=1S/C9H12NO6PS/c1-7(18)6-15-17(13,14)16-9-4-2-8(3-5-9)10(11)12/h2-5,7,18H,6H2,1H3,(H,13,14). The maximum absolute atomic E-state index is 11.4. The van der Waals surface area contributed by atoms with Crippen molar-refractivity contribution in [3.8, 4) is 5.75 Å². The second kappa shape index (κ2) is 6.19. The number of phosphoric ester groups is 1. The second-order valence-corrected chi connectivity index (χ2v) is 5.72. The van der Waals surface area contributed by atoms with E-state index in [9.17, 15) is 19.6 Å². The normalized spacial score (nSPS) is 15.7. The van der Waals surface area contributed by atoms with Gasteiger partial charge in [0.2, 0.25) is 0 Å². The molecule has 2 unspecified atom stereocenters. The average molecular weight is 293 g/mol. The van der Waals surface area contributed by atoms with Gasteiger partial charge in [-0.3, -0.25) is 19.5 Å². The quantitative estimate of drug-likeness (QED) is 0.361. The first kappa shape index (κ1) is 15.0. The van der Waals surface area contributed by atoms with Crippen molar-refractivity contribution in [1.29, 1.82) is 0 Å². The SMILES string of the molecule is CC(S)COP(=O)(O)Oc1ccc([N+](=O)[O-])cc1. The van der Waals surface area contributed by atoms with Crippen molar-refractivity contribution in [3.05, 3.63) is 34.4 Å². The highest BCUT2D eigenvalue weighted by molar-refractivity contribution is 7.81. The molecule has 0 radical (unpaired) electrons. The van der Waals surface area contributed by atoms with Crippen molar-refractivity contribution >= 4 is 26.1 Å². The Kier molecular flexibility index (Phi) is 5.15. The third-order valence-corrected chi connectivity index (χ3v) is 2.81. The lowest BCUT2D eigenvalue weighted by Crippen LogP contribution is -2.06. The van der Waals surface area contributed by atoms with Gasteiger partial charge in [-0.25, -0.2) is 4.57 Å². The van der Waals surface area contributed by atoms with Gasteiger partial charge in [-0.1, -0.05) is 6.92 Å². The monoisotopic (exact) mass is 293 g/mol. The molecule has 100 valence electrons. The van der Waals surface area contributed by atoms with Crippen LogP contribution in [0.5, 0.6) is 5.75 Å². The van der Waals surface area contributed by atoms with E-state index in [2.05, 4.69) is 17.2 Å². The first-order chi connectivity index (χ1) is 8.30. The van der Waals surface area contributed by atoms with E-state index in [1.54, 1.807) is 6.92 Å². The summed E-state index contributed by atoms with van der Waals surface area (Å²) in [7, 11) is -4.23. The lowest BCUT2D eigenvalue weighted by Gasteiger charge is -2.13. The topological polar surface area (TPSA) is 98.9 Å². The number of hydrogen-bond acceptors (Lipinski definition) is 6. The fraction of sp³-hybridized carbons (Fsp3) is 0.333. The van der Waals surface area contributed by atoms with Crippen molar-refractivity contribution in [2.45, 2.75) is 12.2 Å². The Morgan fingerprint density at radius 3 is 2.50 bits per heavy atom. The Balaban J connectivity index is 2.66. The number of nitro benzene ring substituents is 1. The maximum atomic E-state index is 11.4. The lowest BCUT2D eigenvalue weighted by atomic mass is 10.3. The van der Waals surface area contributed by atoms with Crippen LogP contribution >= 0.6 is 20.5 Å². The van der Waals surface area contributed by atoms with Crippen molar-refractivity contribution in [1.82, 2.24) is 0 Å². The molecule has 0 aliphatic heterocycles. The fourth-order valence-electron chi connectivity index (χ4n) is 0.990. The van der Waals surface area contributed by atoms with Gasteiger partial charge in [0.25, 0.3) is 5.69 Å². The van der Waals surface area contributed by atoms with Crippen LogP contribution in [0, 0.1) is 10.1 Å². The zero-order chi connectivity index (χ0) is 13.8. The largest absolute Gasteiger partial charge is 0.527 e. The van der Waals surface area contributed by atoms with Crippen LogP contribution in [0.1, 0.15) is 6.92 Å². The molecular formula is C9H12NO6PS. The predicted molar refractivity (Wildman–Crippen MR) is 67.9 cm³/mol. The minimum absolute atomic E-state index is 0.0123. The molecule has 0 aliphatic rings. The van der Waals surface area contributed by atoms with Gasteiger partial charge in [-0.15, -0.1) is 0 Å². The summed E-state index contributed by atoms with van der Waals surface area (Å²) in [5.41, 5.74) is -0.139. The van der Waals surface area contributed by atoms with Gasteiger partial charge in [0.15, 0.2) is 0 Å². The van der Waals surface area contributed by atoms with Gasteiger partial charge in [-0.05, 0) is 12.1 Å². The molecule has 7 nitrogen and oxygen atoms in total. The van der Waals surface area contributed by atoms with E-state index in [-0.39, 0.29) is 23.3 Å². The average Bonchev–Trinajstić information content (AvgIpc) is 2.27. The summed E-state index contributed by atoms with van der Waals surface area (Å²) in [5.74, 6) is 0.0123. The van der Waals surface area contributed by atoms with Crippen LogP contribution < -0.4 is 4.52 Å². The summed E-state index contributed by atoms with van der Waals surface area (Å²) >= 11 is 3.98. The molecule has 0 spiro atoms. The Morgan fingerprint density at radius 2 is 2.06 bits per heavy atom. The number of rotatable bonds is 6. The van der Waals surface area contributed by atoms with Crippen molar-refractivity contribution in [2.75, 3.05) is 6.61 Å². The third kappa shape index (κ3) is 5.05. The van der Waals surface area contributed by atoms with Crippen LogP contribution in [0.3, 0.4) is 0 Å². The van der Waals surface area contributed by atoms with Crippen molar-refractivity contribution in [3.63, 3.8) is 0 Å². The first-order valence-corrected chi connectivity index (χ1v) is 6.91. The van der Waals surface area contributed by atoms with Crippen LogP contribution in [-0.4, -0.2) is 21.7 Å². The Labute approximate surface area is 109 Å². The van der Waals surface area contributed by atoms with Gasteiger partial charge in [0.05, 0.1) is 11.5 Å². The maximum Gasteiger partial charge on any atom is 0.527 e. The molecule has 0 fully saturated rings. The smallest absolute Gasteiger partial charge is 0.404 e. The highest BCUT2D eigenvalue weighted by Gasteiger charge is 2.23. The number of nitrogens with zero attached hydrogens (tertiary/aromatic N) is 1. The summed E-state index contributed by atoms with van der Waals surface area (Å²) in [6, 6.07) is 4.76. The highest BCUT2D eigenvalue weighted by Crippen LogP contribution is 2.44. The molecule has 1 aromatic rings. The second-order valence-electron chi connectivity index (χ2n) is 3.46. The Hall–Kier alpha value is -1.08. The van der Waals surface area contributed by atoms with Gasteiger partial charge in [0.1, 0.15) is 5.75 Å². The van der Waals surface area contributed by atoms with Crippen LogP contribution in [0.15, 0.2) is 24.3 Å². The summed E-state index contributed by atoms with van der Waals surface area (Å²) in [4.78, 5) is 19.2. The van der Waals surface area contributed by atoms with Crippen molar-refractivity contribution in [2.24, 2.45) is 0 Å². The van der Waals surface area contributed by atoms with Crippen molar-refractivity contribution < 1.29 is 23.4 Å². The summed E-state index contributed by atoms with van der Waals surface area (Å²) in [5, 5.41) is 10.2. The van der Waals surface area contributed by atoms with Crippen LogP contribution in [-0.2, 0) is 9.09 Å². The number of hydrogen-bond donors (Lipinski definition) is 2. The number of thiol groups is 1. The van der Waals surface area contributed by atoms with Crippen LogP contribution in [0.4, 0.5) is 5.69 Å². The van der Waals surface area contributed by atoms with E-state index < -0.39 is 12.7 Å². The molecule has 2 atom stereocenters. The number of benzene rings is 1. The number of phosphoric acid groups is 1. The Bertz CT molecular complexity index is 463. The molecular weight excluding hydrogens is 281 g/mol. The molecule has 18 heavy (non-hydrogen) atoms. The van der Waals surface area contributed by atoms with Gasteiger partial charge < -0.3 is 4.52 Å². The summed E-state index contributed by atoms with van der Waals surface area (Å²) in [6.07, 6.45) is 0. The van der Waals surface area contributed by atoms with Gasteiger partial charge in [0, 0.05) is 17.4 Å². The predicted octanol–water partition coefficient (Wildman–Crippen LogP) is 2.41. The molecule has 0 heterocycles. The molecule has 0 bridgehead atoms. The Morgan fingerprint density at radius 1 is 1.50 bits per heavy atom. The zero-order valence-electron chi connectivity index (χ0n) is 9.42. The van der Waals surface area contributed by atoms with Crippen LogP contribution in [0.25, 0.3) is 0 Å². The van der Waals surface area contributed by atoms with E-state index >= 15 is 0 Å². The molecule has 0 aliphatic carbocycles. The third-order valence-electron chi connectivity index (χ3n) is 1.75. The van der Waals surface area contributed by atoms with E-state index in [0.717, 1.165) is 12.1 Å². The first-order valence-electron chi connectivity index (χ1n) is 4.89. The van der Waals surface area contributed by atoms with Gasteiger partial charge >= 0.3 is 7.82 Å². The molecule has 1 N–H and O–H groups in total. The fourth-order valence-corrected chi connectivity index (χ4v) is 2.04. The summed E-state index contributed by atoms with van der Waals surface area (Å²) < 4.78 is 20.8. The minimum Gasteiger partial charge on any atom is -0.404 e. The van der Waals surface area contributed by atoms with E-state index in [1.807, 2.05) is 0 Å². The molecule has 1 rings (SSSR count). The molecule has 0 saturated heterocycles. The molecule has 0 saturated carbocycles. The number of nitro groups is 1. The zero-order valence-corrected chi connectivity index (χ0v) is 11.2.